The number of carbonyl (C=O) groups is 1. The SMILES string of the molecule is CCCCCCCCCCCCCCOCC(=O)OC1=C(CC2CCN(Cc3ccccc3)CC2)Cc2cc(OC)c(OC)cc21. The molecule has 0 atom stereocenters. The zero-order chi connectivity index (χ0) is 32.4. The van der Waals surface area contributed by atoms with Crippen molar-refractivity contribution in [1.29, 1.82) is 0 Å². The average Bonchev–Trinajstić information content (AvgIpc) is 3.40. The molecule has 0 aromatic heterocycles. The Morgan fingerprint density at radius 1 is 0.804 bits per heavy atom. The number of fused-ring (bicyclic) bond motifs is 1. The van der Waals surface area contributed by atoms with Gasteiger partial charge in [0, 0.05) is 18.7 Å². The van der Waals surface area contributed by atoms with Crippen LogP contribution in [0.3, 0.4) is 0 Å². The molecule has 2 aliphatic rings. The summed E-state index contributed by atoms with van der Waals surface area (Å²) in [6, 6.07) is 14.7. The van der Waals surface area contributed by atoms with E-state index in [0.717, 1.165) is 69.3 Å². The van der Waals surface area contributed by atoms with Gasteiger partial charge in [0.15, 0.2) is 11.5 Å². The first kappa shape index (κ1) is 36.0. The monoisotopic (exact) mass is 633 g/mol. The first-order chi connectivity index (χ1) is 22.6. The van der Waals surface area contributed by atoms with Crippen molar-refractivity contribution in [3.05, 3.63) is 64.7 Å². The number of piperidine rings is 1. The summed E-state index contributed by atoms with van der Waals surface area (Å²) >= 11 is 0. The van der Waals surface area contributed by atoms with Crippen molar-refractivity contribution in [2.45, 2.75) is 116 Å². The molecular formula is C40H59NO5. The summed E-state index contributed by atoms with van der Waals surface area (Å²) in [5, 5.41) is 0. The van der Waals surface area contributed by atoms with Crippen molar-refractivity contribution in [2.24, 2.45) is 5.92 Å². The Morgan fingerprint density at radius 2 is 1.41 bits per heavy atom. The fraction of sp³-hybridized carbons (Fsp3) is 0.625. The zero-order valence-electron chi connectivity index (χ0n) is 29.0. The molecule has 1 saturated heterocycles. The lowest BCUT2D eigenvalue weighted by Crippen LogP contribution is -2.33. The maximum Gasteiger partial charge on any atom is 0.337 e. The first-order valence-corrected chi connectivity index (χ1v) is 18.1. The quantitative estimate of drug-likeness (QED) is 0.0951. The summed E-state index contributed by atoms with van der Waals surface area (Å²) in [6.07, 6.45) is 19.6. The van der Waals surface area contributed by atoms with Gasteiger partial charge in [-0.2, -0.15) is 0 Å². The van der Waals surface area contributed by atoms with E-state index >= 15 is 0 Å². The van der Waals surface area contributed by atoms with Gasteiger partial charge in [0.1, 0.15) is 12.4 Å². The van der Waals surface area contributed by atoms with Gasteiger partial charge in [-0.05, 0) is 79.9 Å². The Morgan fingerprint density at radius 3 is 2.04 bits per heavy atom. The summed E-state index contributed by atoms with van der Waals surface area (Å²) in [5.41, 5.74) is 4.62. The van der Waals surface area contributed by atoms with E-state index in [1.165, 1.54) is 75.3 Å². The predicted octanol–water partition coefficient (Wildman–Crippen LogP) is 9.53. The highest BCUT2D eigenvalue weighted by atomic mass is 16.6. The lowest BCUT2D eigenvalue weighted by molar-refractivity contribution is -0.141. The van der Waals surface area contributed by atoms with Gasteiger partial charge in [0.25, 0.3) is 0 Å². The summed E-state index contributed by atoms with van der Waals surface area (Å²) < 4.78 is 23.0. The molecule has 6 nitrogen and oxygen atoms in total. The Labute approximate surface area is 278 Å². The lowest BCUT2D eigenvalue weighted by Gasteiger charge is -2.32. The highest BCUT2D eigenvalue weighted by Crippen LogP contribution is 2.43. The van der Waals surface area contributed by atoms with Crippen LogP contribution in [0.2, 0.25) is 0 Å². The van der Waals surface area contributed by atoms with Crippen molar-refractivity contribution in [3.63, 3.8) is 0 Å². The van der Waals surface area contributed by atoms with E-state index in [4.69, 9.17) is 18.9 Å². The Bertz CT molecular complexity index is 1200. The van der Waals surface area contributed by atoms with Crippen LogP contribution in [0.15, 0.2) is 48.0 Å². The van der Waals surface area contributed by atoms with E-state index in [0.29, 0.717) is 29.8 Å². The fourth-order valence-corrected chi connectivity index (χ4v) is 6.95. The minimum atomic E-state index is -0.327. The van der Waals surface area contributed by atoms with Crippen LogP contribution in [-0.2, 0) is 27.2 Å². The molecule has 0 bridgehead atoms. The third-order valence-corrected chi connectivity index (χ3v) is 9.65. The van der Waals surface area contributed by atoms with Crippen LogP contribution in [0.25, 0.3) is 5.76 Å². The topological polar surface area (TPSA) is 57.2 Å². The molecule has 254 valence electrons. The second kappa shape index (κ2) is 20.4. The minimum Gasteiger partial charge on any atom is -0.493 e. The number of hydrogen-bond donors (Lipinski definition) is 0. The maximum atomic E-state index is 13.0. The normalized spacial score (nSPS) is 15.3. The number of hydrogen-bond acceptors (Lipinski definition) is 6. The van der Waals surface area contributed by atoms with Crippen LogP contribution in [0.1, 0.15) is 120 Å². The fourth-order valence-electron chi connectivity index (χ4n) is 6.95. The molecule has 4 rings (SSSR count). The molecule has 0 unspecified atom stereocenters. The van der Waals surface area contributed by atoms with Gasteiger partial charge in [0.05, 0.1) is 14.2 Å². The minimum absolute atomic E-state index is 0.0185. The summed E-state index contributed by atoms with van der Waals surface area (Å²) in [4.78, 5) is 15.6. The van der Waals surface area contributed by atoms with Crippen LogP contribution < -0.4 is 9.47 Å². The predicted molar refractivity (Wildman–Crippen MR) is 187 cm³/mol. The van der Waals surface area contributed by atoms with Gasteiger partial charge in [0.2, 0.25) is 0 Å². The second-order valence-corrected chi connectivity index (χ2v) is 13.3. The van der Waals surface area contributed by atoms with Crippen LogP contribution >= 0.6 is 0 Å². The maximum absolute atomic E-state index is 13.0. The Kier molecular flexibility index (Phi) is 16.0. The van der Waals surface area contributed by atoms with Crippen LogP contribution in [-0.4, -0.2) is 51.4 Å². The summed E-state index contributed by atoms with van der Waals surface area (Å²) in [5.74, 6) is 2.28. The number of ether oxygens (including phenoxy) is 4. The average molecular weight is 634 g/mol. The molecule has 46 heavy (non-hydrogen) atoms. The number of likely N-dealkylation sites (tertiary alicyclic amines) is 1. The molecule has 0 saturated carbocycles. The zero-order valence-corrected chi connectivity index (χ0v) is 29.0. The number of esters is 1. The third-order valence-electron chi connectivity index (χ3n) is 9.65. The Balaban J connectivity index is 1.22. The first-order valence-electron chi connectivity index (χ1n) is 18.1. The van der Waals surface area contributed by atoms with E-state index in [1.54, 1.807) is 14.2 Å². The van der Waals surface area contributed by atoms with E-state index in [2.05, 4.69) is 42.2 Å². The highest BCUT2D eigenvalue weighted by Gasteiger charge is 2.30. The van der Waals surface area contributed by atoms with E-state index in [1.807, 2.05) is 12.1 Å². The third kappa shape index (κ3) is 11.8. The lowest BCUT2D eigenvalue weighted by atomic mass is 9.89. The summed E-state index contributed by atoms with van der Waals surface area (Å²) in [6.45, 7) is 6.03. The van der Waals surface area contributed by atoms with Gasteiger partial charge >= 0.3 is 5.97 Å². The molecule has 1 fully saturated rings. The molecule has 1 heterocycles. The van der Waals surface area contributed by atoms with Crippen LogP contribution in [0.4, 0.5) is 0 Å². The second-order valence-electron chi connectivity index (χ2n) is 13.3. The van der Waals surface area contributed by atoms with Crippen LogP contribution in [0.5, 0.6) is 11.5 Å². The van der Waals surface area contributed by atoms with E-state index in [9.17, 15) is 4.79 Å². The molecule has 0 amide bonds. The van der Waals surface area contributed by atoms with Crippen molar-refractivity contribution >= 4 is 11.7 Å². The standard InChI is InChI=1S/C40H59NO5/c1-4-5-6-7-8-9-10-11-12-13-14-18-25-45-31-39(42)46-40-35(27-34-28-37(43-2)38(44-3)29-36(34)40)26-32-21-23-41(24-22-32)30-33-19-16-15-17-20-33/h15-17,19-20,28-29,32H,4-14,18,21-27,30-31H2,1-3H3. The number of rotatable bonds is 22. The molecule has 1 aliphatic heterocycles. The molecule has 0 radical (unpaired) electrons. The smallest absolute Gasteiger partial charge is 0.337 e. The van der Waals surface area contributed by atoms with E-state index in [-0.39, 0.29) is 12.6 Å². The number of allylic oxidation sites excluding steroid dienone is 1. The largest absolute Gasteiger partial charge is 0.493 e. The van der Waals surface area contributed by atoms with Gasteiger partial charge < -0.3 is 18.9 Å². The van der Waals surface area contributed by atoms with Gasteiger partial charge in [-0.25, -0.2) is 4.79 Å². The molecule has 0 spiro atoms. The molecule has 2 aromatic carbocycles. The molecular weight excluding hydrogens is 574 g/mol. The molecule has 0 N–H and O–H groups in total. The summed E-state index contributed by atoms with van der Waals surface area (Å²) in [7, 11) is 3.30. The Hall–Kier alpha value is -2.83. The van der Waals surface area contributed by atoms with Crippen molar-refractivity contribution in [3.8, 4) is 11.5 Å². The number of carbonyl (C=O) groups excluding carboxylic acids is 1. The van der Waals surface area contributed by atoms with Crippen molar-refractivity contribution in [1.82, 2.24) is 4.90 Å². The number of nitrogens with zero attached hydrogens (tertiary/aromatic N) is 1. The van der Waals surface area contributed by atoms with Gasteiger partial charge in [-0.3, -0.25) is 4.90 Å². The molecule has 6 heteroatoms. The number of methoxy groups -OCH3 is 2. The van der Waals surface area contributed by atoms with Crippen LogP contribution in [0, 0.1) is 5.92 Å². The van der Waals surface area contributed by atoms with Gasteiger partial charge in [-0.15, -0.1) is 0 Å². The van der Waals surface area contributed by atoms with E-state index < -0.39 is 0 Å². The number of unbranched alkanes of at least 4 members (excludes halogenated alkanes) is 11. The number of benzene rings is 2. The van der Waals surface area contributed by atoms with Crippen molar-refractivity contribution < 1.29 is 23.7 Å². The van der Waals surface area contributed by atoms with Gasteiger partial charge in [-0.1, -0.05) is 108 Å². The highest BCUT2D eigenvalue weighted by molar-refractivity contribution is 5.84. The molecule has 2 aromatic rings. The molecule has 1 aliphatic carbocycles. The van der Waals surface area contributed by atoms with Crippen molar-refractivity contribution in [2.75, 3.05) is 40.5 Å².